The molecule has 0 saturated carbocycles. The molecule has 1 unspecified atom stereocenters. The first-order chi connectivity index (χ1) is 14.0. The molecular formula is C18H10N6O4S. The summed E-state index contributed by atoms with van der Waals surface area (Å²) in [6, 6.07) is 9.61. The van der Waals surface area contributed by atoms with Crippen LogP contribution in [-0.4, -0.2) is 21.0 Å². The Bertz CT molecular complexity index is 1290. The van der Waals surface area contributed by atoms with E-state index in [2.05, 4.69) is 15.5 Å². The number of aromatic amines is 1. The fourth-order valence-electron chi connectivity index (χ4n) is 3.85. The van der Waals surface area contributed by atoms with Crippen LogP contribution in [0.5, 0.6) is 5.88 Å². The van der Waals surface area contributed by atoms with Gasteiger partial charge in [-0.15, -0.1) is 16.4 Å². The summed E-state index contributed by atoms with van der Waals surface area (Å²) in [5.41, 5.74) is 5.26. The summed E-state index contributed by atoms with van der Waals surface area (Å²) >= 11 is 1.40. The monoisotopic (exact) mass is 406 g/mol. The van der Waals surface area contributed by atoms with Crippen LogP contribution in [0.15, 0.2) is 47.2 Å². The van der Waals surface area contributed by atoms with E-state index >= 15 is 0 Å². The number of fused-ring (bicyclic) bond motifs is 4. The largest absolute Gasteiger partial charge is 0.420 e. The molecule has 1 amide bonds. The summed E-state index contributed by atoms with van der Waals surface area (Å²) in [4.78, 5) is 24.9. The van der Waals surface area contributed by atoms with Crippen LogP contribution in [0.2, 0.25) is 0 Å². The van der Waals surface area contributed by atoms with Crippen LogP contribution in [0.4, 0.5) is 11.4 Å². The number of nitrogens with zero attached hydrogens (tertiary/aromatic N) is 3. The molecule has 3 aromatic rings. The number of nitro groups is 1. The molecule has 0 fully saturated rings. The number of nitro benzene ring substituents is 1. The molecule has 2 aromatic heterocycles. The van der Waals surface area contributed by atoms with E-state index in [4.69, 9.17) is 10.5 Å². The van der Waals surface area contributed by atoms with Crippen molar-refractivity contribution in [3.63, 3.8) is 0 Å². The number of hydrogen-bond donors (Lipinski definition) is 3. The van der Waals surface area contributed by atoms with Gasteiger partial charge in [-0.05, 0) is 17.5 Å². The molecular weight excluding hydrogens is 396 g/mol. The van der Waals surface area contributed by atoms with Crippen molar-refractivity contribution in [1.82, 2.24) is 10.2 Å². The van der Waals surface area contributed by atoms with Crippen molar-refractivity contribution in [2.45, 2.75) is 5.41 Å². The zero-order chi connectivity index (χ0) is 20.3. The molecule has 2 aliphatic rings. The van der Waals surface area contributed by atoms with Crippen LogP contribution in [-0.2, 0) is 10.2 Å². The molecule has 29 heavy (non-hydrogen) atoms. The van der Waals surface area contributed by atoms with Gasteiger partial charge in [0.2, 0.25) is 17.7 Å². The van der Waals surface area contributed by atoms with Gasteiger partial charge in [0.25, 0.3) is 5.69 Å². The Balaban J connectivity index is 1.92. The highest BCUT2D eigenvalue weighted by molar-refractivity contribution is 7.13. The predicted octanol–water partition coefficient (Wildman–Crippen LogP) is 2.37. The number of amides is 1. The lowest BCUT2D eigenvalue weighted by Crippen LogP contribution is -2.42. The Morgan fingerprint density at radius 3 is 2.90 bits per heavy atom. The second kappa shape index (κ2) is 5.66. The van der Waals surface area contributed by atoms with Crippen LogP contribution in [0.25, 0.3) is 10.6 Å². The van der Waals surface area contributed by atoms with Crippen molar-refractivity contribution >= 4 is 28.6 Å². The summed E-state index contributed by atoms with van der Waals surface area (Å²) < 4.78 is 5.53. The fraction of sp³-hybridized carbons (Fsp3) is 0.0556. The normalized spacial score (nSPS) is 19.3. The van der Waals surface area contributed by atoms with Crippen molar-refractivity contribution in [2.24, 2.45) is 5.73 Å². The third-order valence-corrected chi connectivity index (χ3v) is 5.91. The highest BCUT2D eigenvalue weighted by Crippen LogP contribution is 2.56. The van der Waals surface area contributed by atoms with Gasteiger partial charge in [0.1, 0.15) is 17.1 Å². The number of hydrogen-bond acceptors (Lipinski definition) is 8. The zero-order valence-corrected chi connectivity index (χ0v) is 15.2. The summed E-state index contributed by atoms with van der Waals surface area (Å²) in [7, 11) is 0. The molecule has 0 saturated heterocycles. The van der Waals surface area contributed by atoms with Crippen molar-refractivity contribution in [1.29, 1.82) is 5.26 Å². The summed E-state index contributed by atoms with van der Waals surface area (Å²) in [5, 5.41) is 32.8. The van der Waals surface area contributed by atoms with Crippen molar-refractivity contribution in [2.75, 3.05) is 5.32 Å². The van der Waals surface area contributed by atoms with Gasteiger partial charge in [0.05, 0.1) is 21.1 Å². The van der Waals surface area contributed by atoms with Gasteiger partial charge in [-0.1, -0.05) is 6.07 Å². The Hall–Kier alpha value is -4.17. The number of nitriles is 1. The Labute approximate surface area is 166 Å². The first-order valence-corrected chi connectivity index (χ1v) is 9.17. The van der Waals surface area contributed by atoms with Gasteiger partial charge in [-0.25, -0.2) is 0 Å². The van der Waals surface area contributed by atoms with E-state index in [-0.39, 0.29) is 28.6 Å². The molecule has 142 valence electrons. The Morgan fingerprint density at radius 2 is 2.21 bits per heavy atom. The summed E-state index contributed by atoms with van der Waals surface area (Å²) in [6.45, 7) is 0. The number of ether oxygens (including phenoxy) is 1. The van der Waals surface area contributed by atoms with Gasteiger partial charge in [-0.3, -0.25) is 20.0 Å². The number of rotatable bonds is 2. The maximum atomic E-state index is 13.4. The van der Waals surface area contributed by atoms with Crippen molar-refractivity contribution in [3.05, 3.63) is 68.4 Å². The molecule has 0 aliphatic carbocycles. The van der Waals surface area contributed by atoms with Gasteiger partial charge in [0, 0.05) is 23.4 Å². The topological polar surface area (TPSA) is 160 Å². The van der Waals surface area contributed by atoms with E-state index in [0.29, 0.717) is 16.9 Å². The van der Waals surface area contributed by atoms with E-state index < -0.39 is 16.2 Å². The number of benzene rings is 1. The molecule has 2 aliphatic heterocycles. The predicted molar refractivity (Wildman–Crippen MR) is 102 cm³/mol. The molecule has 4 heterocycles. The average Bonchev–Trinajstić information content (AvgIpc) is 3.41. The Morgan fingerprint density at radius 1 is 1.38 bits per heavy atom. The van der Waals surface area contributed by atoms with Crippen LogP contribution >= 0.6 is 11.3 Å². The number of non-ortho nitro benzene ring substituents is 1. The average molecular weight is 406 g/mol. The van der Waals surface area contributed by atoms with Gasteiger partial charge >= 0.3 is 0 Å². The maximum Gasteiger partial charge on any atom is 0.269 e. The van der Waals surface area contributed by atoms with Crippen molar-refractivity contribution < 1.29 is 14.5 Å². The van der Waals surface area contributed by atoms with Crippen LogP contribution < -0.4 is 15.8 Å². The molecule has 5 rings (SSSR count). The molecule has 1 atom stereocenters. The van der Waals surface area contributed by atoms with Crippen molar-refractivity contribution in [3.8, 4) is 22.5 Å². The minimum Gasteiger partial charge on any atom is -0.420 e. The smallest absolute Gasteiger partial charge is 0.269 e. The van der Waals surface area contributed by atoms with E-state index in [0.717, 1.165) is 4.88 Å². The molecule has 0 bridgehead atoms. The standard InChI is InChI=1S/C18H10N6O4S/c19-7-10-15(20)28-16-13(14(22-23-16)12-2-1-5-29-12)18(10)9-6-8(24(26)27)3-4-11(9)21-17(18)25/h1-6H,20H2,(H,21,25)(H,22,23). The molecule has 1 spiro atoms. The van der Waals surface area contributed by atoms with E-state index in [1.165, 1.54) is 29.5 Å². The summed E-state index contributed by atoms with van der Waals surface area (Å²) in [6.07, 6.45) is 0. The van der Waals surface area contributed by atoms with Crippen LogP contribution in [0.1, 0.15) is 11.1 Å². The van der Waals surface area contributed by atoms with E-state index in [1.54, 1.807) is 0 Å². The van der Waals surface area contributed by atoms with E-state index in [9.17, 15) is 20.2 Å². The lowest BCUT2D eigenvalue weighted by Gasteiger charge is -2.31. The molecule has 4 N–H and O–H groups in total. The molecule has 11 heteroatoms. The lowest BCUT2D eigenvalue weighted by atomic mass is 9.69. The number of H-pyrrole nitrogens is 1. The first kappa shape index (κ1) is 17.0. The third-order valence-electron chi connectivity index (χ3n) is 5.02. The number of aromatic nitrogens is 2. The Kier molecular flexibility index (Phi) is 3.31. The quantitative estimate of drug-likeness (QED) is 0.435. The molecule has 0 radical (unpaired) electrons. The number of carbonyl (C=O) groups excluding carboxylic acids is 1. The van der Waals surface area contributed by atoms with Gasteiger partial charge in [-0.2, -0.15) is 5.26 Å². The SMILES string of the molecule is N#CC1=C(N)Oc2n[nH]c(-c3cccs3)c2C12C(=O)Nc1ccc([N+](=O)[O-])cc12. The number of thiophene rings is 1. The zero-order valence-electron chi connectivity index (χ0n) is 14.4. The van der Waals surface area contributed by atoms with E-state index in [1.807, 2.05) is 23.6 Å². The highest BCUT2D eigenvalue weighted by Gasteiger charge is 2.59. The van der Waals surface area contributed by atoms with Gasteiger partial charge < -0.3 is 15.8 Å². The number of anilines is 1. The van der Waals surface area contributed by atoms with Crippen LogP contribution in [0, 0.1) is 21.4 Å². The number of nitrogens with one attached hydrogen (secondary N) is 2. The first-order valence-electron chi connectivity index (χ1n) is 8.29. The van der Waals surface area contributed by atoms with Crippen LogP contribution in [0.3, 0.4) is 0 Å². The summed E-state index contributed by atoms with van der Waals surface area (Å²) in [5.74, 6) is -0.797. The van der Waals surface area contributed by atoms with Gasteiger partial charge in [0.15, 0.2) is 0 Å². The minimum atomic E-state index is -1.72. The molecule has 1 aromatic carbocycles. The second-order valence-corrected chi connectivity index (χ2v) is 7.35. The second-order valence-electron chi connectivity index (χ2n) is 6.40. The highest BCUT2D eigenvalue weighted by atomic mass is 32.1. The molecule has 10 nitrogen and oxygen atoms in total. The lowest BCUT2D eigenvalue weighted by molar-refractivity contribution is -0.384. The minimum absolute atomic E-state index is 0.0411. The third kappa shape index (κ3) is 2.03. The maximum absolute atomic E-state index is 13.4. The number of carbonyl (C=O) groups is 1. The fourth-order valence-corrected chi connectivity index (χ4v) is 4.58. The number of nitrogens with two attached hydrogens (primary N) is 1.